The number of halogens is 1. The zero-order valence-electron chi connectivity index (χ0n) is 7.87. The summed E-state index contributed by atoms with van der Waals surface area (Å²) in [5, 5.41) is 8.42. The summed E-state index contributed by atoms with van der Waals surface area (Å²) in [6, 6.07) is 7.15. The fourth-order valence-electron chi connectivity index (χ4n) is 1.24. The molecule has 0 amide bonds. The summed E-state index contributed by atoms with van der Waals surface area (Å²) in [6.45, 7) is -0.449. The minimum Gasteiger partial charge on any atom is -0.481 e. The minimum absolute atomic E-state index is 0.185. The number of carboxylic acids is 1. The molecule has 0 aromatic heterocycles. The van der Waals surface area contributed by atoms with E-state index in [1.54, 1.807) is 12.1 Å². The van der Waals surface area contributed by atoms with Crippen LogP contribution in [0.25, 0.3) is 0 Å². The van der Waals surface area contributed by atoms with Crippen molar-refractivity contribution in [3.63, 3.8) is 0 Å². The van der Waals surface area contributed by atoms with Crippen LogP contribution in [0.1, 0.15) is 24.0 Å². The topological polar surface area (TPSA) is 37.3 Å². The van der Waals surface area contributed by atoms with Crippen molar-refractivity contribution in [2.75, 3.05) is 0 Å². The van der Waals surface area contributed by atoms with E-state index in [0.717, 1.165) is 12.0 Å². The average Bonchev–Trinajstić information content (AvgIpc) is 2.18. The van der Waals surface area contributed by atoms with E-state index in [1.165, 1.54) is 0 Å². The van der Waals surface area contributed by atoms with Gasteiger partial charge >= 0.3 is 5.97 Å². The molecule has 0 aliphatic carbocycles. The molecule has 76 valence electrons. The SMILES string of the molecule is O=C(O)CCCc1ccc(CF)cc1. The van der Waals surface area contributed by atoms with Gasteiger partial charge < -0.3 is 5.11 Å². The maximum atomic E-state index is 12.1. The smallest absolute Gasteiger partial charge is 0.303 e. The maximum Gasteiger partial charge on any atom is 0.303 e. The summed E-state index contributed by atoms with van der Waals surface area (Å²) in [5.74, 6) is -0.773. The van der Waals surface area contributed by atoms with E-state index in [0.29, 0.717) is 12.0 Å². The van der Waals surface area contributed by atoms with Crippen molar-refractivity contribution in [3.8, 4) is 0 Å². The number of carbonyl (C=O) groups is 1. The quantitative estimate of drug-likeness (QED) is 0.785. The summed E-state index contributed by atoms with van der Waals surface area (Å²) in [5.41, 5.74) is 1.72. The van der Waals surface area contributed by atoms with Crippen LogP contribution in [0.4, 0.5) is 4.39 Å². The molecule has 2 nitrogen and oxygen atoms in total. The predicted octanol–water partition coefficient (Wildman–Crippen LogP) is 2.56. The lowest BCUT2D eigenvalue weighted by molar-refractivity contribution is -0.137. The molecule has 0 unspecified atom stereocenters. The minimum atomic E-state index is -0.773. The number of alkyl halides is 1. The van der Waals surface area contributed by atoms with Crippen LogP contribution >= 0.6 is 0 Å². The van der Waals surface area contributed by atoms with E-state index < -0.39 is 12.6 Å². The van der Waals surface area contributed by atoms with Gasteiger partial charge in [0.15, 0.2) is 0 Å². The van der Waals surface area contributed by atoms with Crippen LogP contribution in [0.3, 0.4) is 0 Å². The molecule has 14 heavy (non-hydrogen) atoms. The van der Waals surface area contributed by atoms with Gasteiger partial charge in [-0.15, -0.1) is 0 Å². The molecular formula is C11H13FO2. The van der Waals surface area contributed by atoms with Gasteiger partial charge in [0.1, 0.15) is 6.67 Å². The second-order valence-corrected chi connectivity index (χ2v) is 3.20. The van der Waals surface area contributed by atoms with Crippen molar-refractivity contribution in [1.82, 2.24) is 0 Å². The molecule has 0 aliphatic rings. The van der Waals surface area contributed by atoms with Crippen LogP contribution in [-0.4, -0.2) is 11.1 Å². The predicted molar refractivity (Wildman–Crippen MR) is 51.8 cm³/mol. The van der Waals surface area contributed by atoms with Crippen molar-refractivity contribution < 1.29 is 14.3 Å². The Labute approximate surface area is 82.4 Å². The van der Waals surface area contributed by atoms with Gasteiger partial charge in [-0.25, -0.2) is 4.39 Å². The monoisotopic (exact) mass is 196 g/mol. The number of aliphatic carboxylic acids is 1. The largest absolute Gasteiger partial charge is 0.481 e. The van der Waals surface area contributed by atoms with E-state index >= 15 is 0 Å². The second kappa shape index (κ2) is 5.37. The molecule has 0 bridgehead atoms. The van der Waals surface area contributed by atoms with E-state index in [2.05, 4.69) is 0 Å². The number of hydrogen-bond donors (Lipinski definition) is 1. The lowest BCUT2D eigenvalue weighted by Crippen LogP contribution is -1.95. The number of hydrogen-bond acceptors (Lipinski definition) is 1. The third-order valence-corrected chi connectivity index (χ3v) is 2.03. The zero-order valence-corrected chi connectivity index (χ0v) is 7.87. The highest BCUT2D eigenvalue weighted by atomic mass is 19.1. The third-order valence-electron chi connectivity index (χ3n) is 2.03. The molecule has 1 aromatic rings. The lowest BCUT2D eigenvalue weighted by Gasteiger charge is -2.00. The second-order valence-electron chi connectivity index (χ2n) is 3.20. The molecule has 0 spiro atoms. The summed E-state index contributed by atoms with van der Waals surface area (Å²) >= 11 is 0. The Morgan fingerprint density at radius 2 is 1.79 bits per heavy atom. The highest BCUT2D eigenvalue weighted by molar-refractivity contribution is 5.66. The Morgan fingerprint density at radius 1 is 1.21 bits per heavy atom. The fourth-order valence-corrected chi connectivity index (χ4v) is 1.24. The Morgan fingerprint density at radius 3 is 2.29 bits per heavy atom. The average molecular weight is 196 g/mol. The van der Waals surface area contributed by atoms with Crippen molar-refractivity contribution in [1.29, 1.82) is 0 Å². The Balaban J connectivity index is 2.40. The highest BCUT2D eigenvalue weighted by Crippen LogP contribution is 2.08. The molecule has 0 heterocycles. The van der Waals surface area contributed by atoms with Gasteiger partial charge in [-0.05, 0) is 24.0 Å². The van der Waals surface area contributed by atoms with Gasteiger partial charge in [0.2, 0.25) is 0 Å². The Kier molecular flexibility index (Phi) is 4.11. The summed E-state index contributed by atoms with van der Waals surface area (Å²) in [6.07, 6.45) is 1.55. The molecule has 0 atom stereocenters. The molecule has 0 saturated carbocycles. The highest BCUT2D eigenvalue weighted by Gasteiger charge is 1.98. The molecular weight excluding hydrogens is 183 g/mol. The van der Waals surface area contributed by atoms with Gasteiger partial charge in [-0.1, -0.05) is 24.3 Å². The van der Waals surface area contributed by atoms with Crippen molar-refractivity contribution in [2.24, 2.45) is 0 Å². The van der Waals surface area contributed by atoms with Crippen LogP contribution in [0.5, 0.6) is 0 Å². The summed E-state index contributed by atoms with van der Waals surface area (Å²) in [4.78, 5) is 10.2. The third kappa shape index (κ3) is 3.56. The number of benzene rings is 1. The van der Waals surface area contributed by atoms with Gasteiger partial charge in [-0.2, -0.15) is 0 Å². The lowest BCUT2D eigenvalue weighted by atomic mass is 10.1. The first kappa shape index (κ1) is 10.7. The molecule has 0 radical (unpaired) electrons. The number of rotatable bonds is 5. The Hall–Kier alpha value is -1.38. The molecule has 1 N–H and O–H groups in total. The van der Waals surface area contributed by atoms with Gasteiger partial charge in [0, 0.05) is 6.42 Å². The van der Waals surface area contributed by atoms with E-state index in [9.17, 15) is 9.18 Å². The van der Waals surface area contributed by atoms with Crippen molar-refractivity contribution in [2.45, 2.75) is 25.9 Å². The van der Waals surface area contributed by atoms with E-state index in [4.69, 9.17) is 5.11 Å². The van der Waals surface area contributed by atoms with E-state index in [-0.39, 0.29) is 6.42 Å². The fraction of sp³-hybridized carbons (Fsp3) is 0.364. The normalized spacial score (nSPS) is 10.1. The van der Waals surface area contributed by atoms with Gasteiger partial charge in [0.05, 0.1) is 0 Å². The summed E-state index contributed by atoms with van der Waals surface area (Å²) in [7, 11) is 0. The molecule has 1 rings (SSSR count). The number of carboxylic acid groups (broad SMARTS) is 1. The first-order valence-electron chi connectivity index (χ1n) is 4.58. The van der Waals surface area contributed by atoms with Crippen LogP contribution in [0.2, 0.25) is 0 Å². The molecule has 0 aliphatic heterocycles. The van der Waals surface area contributed by atoms with Crippen LogP contribution in [-0.2, 0) is 17.9 Å². The standard InChI is InChI=1S/C11H13FO2/c12-8-10-6-4-9(5-7-10)2-1-3-11(13)14/h4-7H,1-3,8H2,(H,13,14). The zero-order chi connectivity index (χ0) is 10.4. The van der Waals surface area contributed by atoms with Crippen LogP contribution < -0.4 is 0 Å². The molecule has 1 aromatic carbocycles. The molecule has 0 saturated heterocycles. The molecule has 0 fully saturated rings. The van der Waals surface area contributed by atoms with Crippen molar-refractivity contribution in [3.05, 3.63) is 35.4 Å². The first-order chi connectivity index (χ1) is 6.72. The van der Waals surface area contributed by atoms with Crippen LogP contribution in [0.15, 0.2) is 24.3 Å². The Bertz CT molecular complexity index is 293. The molecule has 3 heteroatoms. The van der Waals surface area contributed by atoms with Crippen molar-refractivity contribution >= 4 is 5.97 Å². The van der Waals surface area contributed by atoms with Gasteiger partial charge in [-0.3, -0.25) is 4.79 Å². The van der Waals surface area contributed by atoms with E-state index in [1.807, 2.05) is 12.1 Å². The number of aryl methyl sites for hydroxylation is 1. The summed E-state index contributed by atoms with van der Waals surface area (Å²) < 4.78 is 12.1. The maximum absolute atomic E-state index is 12.1. The van der Waals surface area contributed by atoms with Gasteiger partial charge in [0.25, 0.3) is 0 Å². The first-order valence-corrected chi connectivity index (χ1v) is 4.58. The van der Waals surface area contributed by atoms with Crippen LogP contribution in [0, 0.1) is 0 Å².